The lowest BCUT2D eigenvalue weighted by molar-refractivity contribution is 0.245. The normalized spacial score (nSPS) is 25.4. The van der Waals surface area contributed by atoms with Crippen LogP contribution in [0.4, 0.5) is 5.69 Å². The monoisotopic (exact) mass is 280 g/mol. The van der Waals surface area contributed by atoms with Crippen molar-refractivity contribution in [3.05, 3.63) is 24.3 Å². The molecular formula is C14H20N2O2S. The Labute approximate surface area is 114 Å². The van der Waals surface area contributed by atoms with Crippen LogP contribution in [0.3, 0.4) is 0 Å². The third-order valence-corrected chi connectivity index (χ3v) is 6.19. The van der Waals surface area contributed by atoms with Crippen LogP contribution in [-0.2, 0) is 10.0 Å². The first-order valence-electron chi connectivity index (χ1n) is 6.93. The second kappa shape index (κ2) is 4.80. The van der Waals surface area contributed by atoms with Crippen molar-refractivity contribution in [2.45, 2.75) is 30.6 Å². The molecule has 1 atom stereocenters. The molecule has 19 heavy (non-hydrogen) atoms. The Balaban J connectivity index is 1.85. The van der Waals surface area contributed by atoms with Crippen molar-refractivity contribution in [1.82, 2.24) is 4.31 Å². The van der Waals surface area contributed by atoms with E-state index in [0.29, 0.717) is 24.7 Å². The third kappa shape index (κ3) is 2.49. The molecule has 1 unspecified atom stereocenters. The van der Waals surface area contributed by atoms with E-state index in [1.807, 2.05) is 0 Å². The van der Waals surface area contributed by atoms with Crippen LogP contribution < -0.4 is 5.73 Å². The predicted octanol–water partition coefficient (Wildman–Crippen LogP) is 2.08. The topological polar surface area (TPSA) is 63.4 Å². The molecule has 104 valence electrons. The van der Waals surface area contributed by atoms with Gasteiger partial charge in [-0.3, -0.25) is 0 Å². The molecule has 0 amide bonds. The van der Waals surface area contributed by atoms with E-state index in [1.165, 1.54) is 19.3 Å². The third-order valence-electron chi connectivity index (χ3n) is 4.25. The summed E-state index contributed by atoms with van der Waals surface area (Å²) in [5.41, 5.74) is 6.16. The summed E-state index contributed by atoms with van der Waals surface area (Å²) in [6.45, 7) is 1.29. The fourth-order valence-corrected chi connectivity index (χ4v) is 4.65. The molecule has 1 aliphatic carbocycles. The van der Waals surface area contributed by atoms with Crippen molar-refractivity contribution in [3.63, 3.8) is 0 Å². The van der Waals surface area contributed by atoms with Gasteiger partial charge in [-0.05, 0) is 49.7 Å². The van der Waals surface area contributed by atoms with Gasteiger partial charge in [0.25, 0.3) is 0 Å². The highest BCUT2D eigenvalue weighted by molar-refractivity contribution is 7.89. The number of anilines is 1. The maximum Gasteiger partial charge on any atom is 0.245 e. The smallest absolute Gasteiger partial charge is 0.245 e. The number of hydrogen-bond donors (Lipinski definition) is 1. The molecule has 0 spiro atoms. The summed E-state index contributed by atoms with van der Waals surface area (Å²) in [6.07, 6.45) is 4.67. The lowest BCUT2D eigenvalue weighted by atomic mass is 9.95. The predicted molar refractivity (Wildman–Crippen MR) is 75.1 cm³/mol. The van der Waals surface area contributed by atoms with Crippen LogP contribution in [-0.4, -0.2) is 25.8 Å². The molecule has 2 fully saturated rings. The Morgan fingerprint density at radius 2 is 1.84 bits per heavy atom. The Morgan fingerprint density at radius 3 is 2.53 bits per heavy atom. The van der Waals surface area contributed by atoms with Crippen molar-refractivity contribution in [2.75, 3.05) is 18.8 Å². The van der Waals surface area contributed by atoms with Crippen LogP contribution in [0.15, 0.2) is 29.2 Å². The van der Waals surface area contributed by atoms with Gasteiger partial charge in [0.1, 0.15) is 4.90 Å². The minimum Gasteiger partial charge on any atom is -0.398 e. The molecular weight excluding hydrogens is 260 g/mol. The van der Waals surface area contributed by atoms with Gasteiger partial charge in [0, 0.05) is 13.1 Å². The standard InChI is InChI=1S/C14H20N2O2S/c15-13-5-1-2-6-14(13)19(17,18)16-9-3-4-12(10-16)11-7-8-11/h1-2,5-6,11-12H,3-4,7-10,15H2. The molecule has 1 saturated carbocycles. The summed E-state index contributed by atoms with van der Waals surface area (Å²) in [5.74, 6) is 1.31. The van der Waals surface area contributed by atoms with Gasteiger partial charge < -0.3 is 5.73 Å². The number of benzene rings is 1. The van der Waals surface area contributed by atoms with Gasteiger partial charge in [-0.15, -0.1) is 0 Å². The van der Waals surface area contributed by atoms with Crippen molar-refractivity contribution in [1.29, 1.82) is 0 Å². The second-order valence-corrected chi connectivity index (χ2v) is 7.55. The van der Waals surface area contributed by atoms with Gasteiger partial charge in [-0.1, -0.05) is 12.1 Å². The largest absolute Gasteiger partial charge is 0.398 e. The quantitative estimate of drug-likeness (QED) is 0.862. The lowest BCUT2D eigenvalue weighted by Gasteiger charge is -2.32. The number of para-hydroxylation sites is 1. The van der Waals surface area contributed by atoms with Gasteiger partial charge >= 0.3 is 0 Å². The molecule has 0 radical (unpaired) electrons. The van der Waals surface area contributed by atoms with E-state index in [4.69, 9.17) is 5.73 Å². The van der Waals surface area contributed by atoms with Crippen LogP contribution in [0, 0.1) is 11.8 Å². The SMILES string of the molecule is Nc1ccccc1S(=O)(=O)N1CCCC(C2CC2)C1. The summed E-state index contributed by atoms with van der Waals surface area (Å²) < 4.78 is 26.9. The van der Waals surface area contributed by atoms with Crippen LogP contribution in [0.25, 0.3) is 0 Å². The lowest BCUT2D eigenvalue weighted by Crippen LogP contribution is -2.40. The minimum atomic E-state index is -3.42. The summed E-state index contributed by atoms with van der Waals surface area (Å²) >= 11 is 0. The number of nitrogens with zero attached hydrogens (tertiary/aromatic N) is 1. The number of piperidine rings is 1. The number of nitrogen functional groups attached to an aromatic ring is 1. The highest BCUT2D eigenvalue weighted by Crippen LogP contribution is 2.41. The average Bonchev–Trinajstić information content (AvgIpc) is 3.23. The first-order valence-corrected chi connectivity index (χ1v) is 8.37. The molecule has 1 saturated heterocycles. The van der Waals surface area contributed by atoms with Gasteiger partial charge in [-0.2, -0.15) is 4.31 Å². The van der Waals surface area contributed by atoms with E-state index in [9.17, 15) is 8.42 Å². The molecule has 1 heterocycles. The zero-order chi connectivity index (χ0) is 13.5. The summed E-state index contributed by atoms with van der Waals surface area (Å²) in [4.78, 5) is 0.256. The fourth-order valence-electron chi connectivity index (χ4n) is 3.00. The van der Waals surface area contributed by atoms with Crippen molar-refractivity contribution in [2.24, 2.45) is 11.8 Å². The number of rotatable bonds is 3. The van der Waals surface area contributed by atoms with E-state index in [-0.39, 0.29) is 4.90 Å². The van der Waals surface area contributed by atoms with Gasteiger partial charge in [0.15, 0.2) is 0 Å². The van der Waals surface area contributed by atoms with Crippen molar-refractivity contribution >= 4 is 15.7 Å². The number of nitrogens with two attached hydrogens (primary N) is 1. The molecule has 2 aliphatic rings. The van der Waals surface area contributed by atoms with Crippen LogP contribution in [0.2, 0.25) is 0 Å². The highest BCUT2D eigenvalue weighted by Gasteiger charge is 2.38. The van der Waals surface area contributed by atoms with Gasteiger partial charge in [-0.25, -0.2) is 8.42 Å². The minimum absolute atomic E-state index is 0.256. The Hall–Kier alpha value is -1.07. The van der Waals surface area contributed by atoms with Crippen molar-refractivity contribution in [3.8, 4) is 0 Å². The zero-order valence-electron chi connectivity index (χ0n) is 11.0. The zero-order valence-corrected chi connectivity index (χ0v) is 11.8. The molecule has 5 heteroatoms. The van der Waals surface area contributed by atoms with E-state index in [2.05, 4.69) is 0 Å². The van der Waals surface area contributed by atoms with Gasteiger partial charge in [0.05, 0.1) is 5.69 Å². The average molecular weight is 280 g/mol. The molecule has 1 aliphatic heterocycles. The maximum atomic E-state index is 12.6. The highest BCUT2D eigenvalue weighted by atomic mass is 32.2. The van der Waals surface area contributed by atoms with E-state index < -0.39 is 10.0 Å². The summed E-state index contributed by atoms with van der Waals surface area (Å²) in [7, 11) is -3.42. The van der Waals surface area contributed by atoms with E-state index in [0.717, 1.165) is 12.3 Å². The molecule has 2 N–H and O–H groups in total. The van der Waals surface area contributed by atoms with Crippen LogP contribution >= 0.6 is 0 Å². The van der Waals surface area contributed by atoms with E-state index in [1.54, 1.807) is 28.6 Å². The van der Waals surface area contributed by atoms with E-state index >= 15 is 0 Å². The molecule has 0 aromatic heterocycles. The first kappa shape index (κ1) is 12.9. The summed E-state index contributed by atoms with van der Waals surface area (Å²) in [6, 6.07) is 6.74. The van der Waals surface area contributed by atoms with Crippen LogP contribution in [0.5, 0.6) is 0 Å². The second-order valence-electron chi connectivity index (χ2n) is 5.64. The summed E-state index contributed by atoms with van der Waals surface area (Å²) in [5, 5.41) is 0. The van der Waals surface area contributed by atoms with Crippen molar-refractivity contribution < 1.29 is 8.42 Å². The van der Waals surface area contributed by atoms with Gasteiger partial charge in [0.2, 0.25) is 10.0 Å². The first-order chi connectivity index (χ1) is 9.09. The number of sulfonamides is 1. The molecule has 4 nitrogen and oxygen atoms in total. The Morgan fingerprint density at radius 1 is 1.11 bits per heavy atom. The molecule has 1 aromatic carbocycles. The molecule has 3 rings (SSSR count). The fraction of sp³-hybridized carbons (Fsp3) is 0.571. The maximum absolute atomic E-state index is 12.6. The Kier molecular flexibility index (Phi) is 3.27. The van der Waals surface area contributed by atoms with Crippen LogP contribution in [0.1, 0.15) is 25.7 Å². The molecule has 0 bridgehead atoms. The number of hydrogen-bond acceptors (Lipinski definition) is 3. The molecule has 1 aromatic rings. The Bertz CT molecular complexity index is 567.